The number of carbonyl (C=O) groups is 1. The molecule has 5 nitrogen and oxygen atoms in total. The van der Waals surface area contributed by atoms with E-state index in [1.54, 1.807) is 18.0 Å². The SMILES string of the molecule is Cc1ccn(-c2cccc(C(C)C)c2)c(=O)c1C(=O)N1CCCC(C#N)C1. The van der Waals surface area contributed by atoms with Gasteiger partial charge in [-0.2, -0.15) is 5.26 Å². The topological polar surface area (TPSA) is 66.1 Å². The van der Waals surface area contributed by atoms with Gasteiger partial charge in [-0.15, -0.1) is 0 Å². The highest BCUT2D eigenvalue weighted by atomic mass is 16.2. The number of likely N-dealkylation sites (tertiary alicyclic amines) is 1. The van der Waals surface area contributed by atoms with Crippen molar-refractivity contribution in [3.63, 3.8) is 0 Å². The highest BCUT2D eigenvalue weighted by molar-refractivity contribution is 5.95. The highest BCUT2D eigenvalue weighted by Gasteiger charge is 2.27. The molecule has 2 heterocycles. The largest absolute Gasteiger partial charge is 0.337 e. The van der Waals surface area contributed by atoms with Crippen LogP contribution in [0.1, 0.15) is 54.1 Å². The number of amides is 1. The van der Waals surface area contributed by atoms with Crippen LogP contribution in [-0.4, -0.2) is 28.5 Å². The van der Waals surface area contributed by atoms with Crippen LogP contribution in [0.2, 0.25) is 0 Å². The number of carbonyl (C=O) groups excluding carboxylic acids is 1. The molecule has 140 valence electrons. The standard InChI is InChI=1S/C22H25N3O2/c1-15(2)18-7-4-8-19(12-18)25-11-9-16(3)20(22(25)27)21(26)24-10-5-6-17(13-23)14-24/h4,7-9,11-12,15,17H,5-6,10,14H2,1-3H3. The molecule has 1 aromatic heterocycles. The normalized spacial score (nSPS) is 17.0. The Bertz CT molecular complexity index is 953. The summed E-state index contributed by atoms with van der Waals surface area (Å²) in [5.41, 5.74) is 2.46. The number of rotatable bonds is 3. The van der Waals surface area contributed by atoms with E-state index in [0.29, 0.717) is 24.6 Å². The van der Waals surface area contributed by atoms with Crippen molar-refractivity contribution in [2.45, 2.75) is 39.5 Å². The van der Waals surface area contributed by atoms with Gasteiger partial charge in [-0.3, -0.25) is 14.2 Å². The molecule has 0 saturated carbocycles. The van der Waals surface area contributed by atoms with E-state index < -0.39 is 0 Å². The Kier molecular flexibility index (Phi) is 5.46. The number of benzene rings is 1. The molecule has 1 aromatic carbocycles. The molecule has 0 bridgehead atoms. The summed E-state index contributed by atoms with van der Waals surface area (Å²) in [6.45, 7) is 6.98. The molecule has 27 heavy (non-hydrogen) atoms. The van der Waals surface area contributed by atoms with Crippen LogP contribution < -0.4 is 5.56 Å². The number of nitriles is 1. The van der Waals surface area contributed by atoms with E-state index in [1.807, 2.05) is 30.3 Å². The summed E-state index contributed by atoms with van der Waals surface area (Å²) in [6.07, 6.45) is 3.32. The number of hydrogen-bond donors (Lipinski definition) is 0. The zero-order valence-corrected chi connectivity index (χ0v) is 16.1. The summed E-state index contributed by atoms with van der Waals surface area (Å²) in [7, 11) is 0. The van der Waals surface area contributed by atoms with Gasteiger partial charge in [0.1, 0.15) is 5.56 Å². The number of pyridine rings is 1. The molecule has 5 heteroatoms. The Morgan fingerprint density at radius 1 is 1.30 bits per heavy atom. The molecule has 1 amide bonds. The van der Waals surface area contributed by atoms with Crippen molar-refractivity contribution in [2.75, 3.05) is 13.1 Å². The van der Waals surface area contributed by atoms with E-state index >= 15 is 0 Å². The van der Waals surface area contributed by atoms with Crippen LogP contribution in [0, 0.1) is 24.2 Å². The summed E-state index contributed by atoms with van der Waals surface area (Å²) >= 11 is 0. The molecule has 0 aliphatic carbocycles. The summed E-state index contributed by atoms with van der Waals surface area (Å²) < 4.78 is 1.54. The van der Waals surface area contributed by atoms with Gasteiger partial charge in [-0.1, -0.05) is 26.0 Å². The van der Waals surface area contributed by atoms with Crippen LogP contribution in [0.4, 0.5) is 0 Å². The average Bonchev–Trinajstić information content (AvgIpc) is 2.68. The fourth-order valence-corrected chi connectivity index (χ4v) is 3.55. The maximum atomic E-state index is 13.2. The third-order valence-electron chi connectivity index (χ3n) is 5.22. The van der Waals surface area contributed by atoms with E-state index in [9.17, 15) is 14.9 Å². The molecule has 3 rings (SSSR count). The first-order valence-corrected chi connectivity index (χ1v) is 9.44. The van der Waals surface area contributed by atoms with Crippen LogP contribution in [-0.2, 0) is 0 Å². The molecule has 1 atom stereocenters. The van der Waals surface area contributed by atoms with Crippen molar-refractivity contribution >= 4 is 5.91 Å². The Hall–Kier alpha value is -2.87. The van der Waals surface area contributed by atoms with Crippen LogP contribution in [0.25, 0.3) is 5.69 Å². The van der Waals surface area contributed by atoms with Crippen LogP contribution in [0.15, 0.2) is 41.3 Å². The zero-order valence-electron chi connectivity index (χ0n) is 16.1. The molecule has 0 N–H and O–H groups in total. The fourth-order valence-electron chi connectivity index (χ4n) is 3.55. The monoisotopic (exact) mass is 363 g/mol. The second-order valence-corrected chi connectivity index (χ2v) is 7.52. The quantitative estimate of drug-likeness (QED) is 0.836. The maximum absolute atomic E-state index is 13.2. The van der Waals surface area contributed by atoms with E-state index in [4.69, 9.17) is 0 Å². The first-order valence-electron chi connectivity index (χ1n) is 9.44. The van der Waals surface area contributed by atoms with Crippen molar-refractivity contribution < 1.29 is 4.79 Å². The van der Waals surface area contributed by atoms with Crippen molar-refractivity contribution in [1.29, 1.82) is 5.26 Å². The van der Waals surface area contributed by atoms with Gasteiger partial charge in [0.15, 0.2) is 0 Å². The lowest BCUT2D eigenvalue weighted by atomic mass is 9.98. The number of aromatic nitrogens is 1. The van der Waals surface area contributed by atoms with Gasteiger partial charge < -0.3 is 4.90 Å². The van der Waals surface area contributed by atoms with Crippen molar-refractivity contribution in [3.05, 3.63) is 63.6 Å². The molecule has 0 radical (unpaired) electrons. The minimum atomic E-state index is -0.306. The molecule has 1 aliphatic heterocycles. The van der Waals surface area contributed by atoms with Gasteiger partial charge in [-0.25, -0.2) is 0 Å². The number of hydrogen-bond acceptors (Lipinski definition) is 3. The minimum Gasteiger partial charge on any atom is -0.337 e. The molecule has 1 saturated heterocycles. The molecule has 2 aromatic rings. The van der Waals surface area contributed by atoms with Crippen LogP contribution >= 0.6 is 0 Å². The summed E-state index contributed by atoms with van der Waals surface area (Å²) in [5.74, 6) is -0.0769. The highest BCUT2D eigenvalue weighted by Crippen LogP contribution is 2.20. The number of piperidine rings is 1. The van der Waals surface area contributed by atoms with Crippen molar-refractivity contribution in [2.24, 2.45) is 5.92 Å². The van der Waals surface area contributed by atoms with Crippen LogP contribution in [0.5, 0.6) is 0 Å². The molecular weight excluding hydrogens is 338 g/mol. The smallest absolute Gasteiger partial charge is 0.268 e. The lowest BCUT2D eigenvalue weighted by Crippen LogP contribution is -2.42. The predicted octanol–water partition coefficient (Wildman–Crippen LogP) is 3.65. The lowest BCUT2D eigenvalue weighted by Gasteiger charge is -2.30. The lowest BCUT2D eigenvalue weighted by molar-refractivity contribution is 0.0696. The van der Waals surface area contributed by atoms with Crippen LogP contribution in [0.3, 0.4) is 0 Å². The first kappa shape index (κ1) is 18.9. The number of aryl methyl sites for hydroxylation is 1. The van der Waals surface area contributed by atoms with E-state index in [2.05, 4.69) is 19.9 Å². The molecule has 1 aliphatic rings. The molecule has 0 spiro atoms. The second kappa shape index (κ2) is 7.79. The van der Waals surface area contributed by atoms with Gasteiger partial charge in [0.05, 0.1) is 12.0 Å². The third kappa shape index (κ3) is 3.80. The second-order valence-electron chi connectivity index (χ2n) is 7.52. The Morgan fingerprint density at radius 2 is 2.07 bits per heavy atom. The van der Waals surface area contributed by atoms with Gasteiger partial charge in [-0.05, 0) is 55.0 Å². The number of nitrogens with zero attached hydrogens (tertiary/aromatic N) is 3. The first-order chi connectivity index (χ1) is 12.9. The molecule has 1 fully saturated rings. The molecular formula is C22H25N3O2. The Morgan fingerprint density at radius 3 is 2.78 bits per heavy atom. The minimum absolute atomic E-state index is 0.156. The average molecular weight is 363 g/mol. The Labute approximate surface area is 159 Å². The maximum Gasteiger partial charge on any atom is 0.268 e. The van der Waals surface area contributed by atoms with Gasteiger partial charge in [0.2, 0.25) is 0 Å². The van der Waals surface area contributed by atoms with Crippen molar-refractivity contribution in [3.8, 4) is 11.8 Å². The summed E-state index contributed by atoms with van der Waals surface area (Å²) in [5, 5.41) is 9.18. The van der Waals surface area contributed by atoms with Crippen molar-refractivity contribution in [1.82, 2.24) is 9.47 Å². The fraction of sp³-hybridized carbons (Fsp3) is 0.409. The summed E-state index contributed by atoms with van der Waals surface area (Å²) in [4.78, 5) is 27.9. The van der Waals surface area contributed by atoms with E-state index in [0.717, 1.165) is 24.1 Å². The predicted molar refractivity (Wildman–Crippen MR) is 105 cm³/mol. The van der Waals surface area contributed by atoms with Gasteiger partial charge in [0, 0.05) is 25.0 Å². The van der Waals surface area contributed by atoms with E-state index in [-0.39, 0.29) is 22.9 Å². The Balaban J connectivity index is 2.02. The molecule has 1 unspecified atom stereocenters. The van der Waals surface area contributed by atoms with Gasteiger partial charge in [0.25, 0.3) is 11.5 Å². The van der Waals surface area contributed by atoms with E-state index in [1.165, 1.54) is 4.57 Å². The summed E-state index contributed by atoms with van der Waals surface area (Å²) in [6, 6.07) is 11.9. The van der Waals surface area contributed by atoms with Gasteiger partial charge >= 0.3 is 0 Å². The zero-order chi connectivity index (χ0) is 19.6. The third-order valence-corrected chi connectivity index (χ3v) is 5.22.